The van der Waals surface area contributed by atoms with Crippen LogP contribution in [0.25, 0.3) is 70.3 Å². The molecule has 0 aliphatic rings. The van der Waals surface area contributed by atoms with Crippen LogP contribution >= 0.6 is 0 Å². The number of anilines is 6. The summed E-state index contributed by atoms with van der Waals surface area (Å²) in [6, 6.07) is 54.7. The number of fused-ring (bicyclic) bond motifs is 10. The maximum Gasteiger partial charge on any atom is 0.416 e. The molecule has 2 aromatic heterocycles. The molecule has 0 unspecified atom stereocenters. The van der Waals surface area contributed by atoms with E-state index < -0.39 is 11.7 Å². The quantitative estimate of drug-likeness (QED) is 0.156. The van der Waals surface area contributed by atoms with Gasteiger partial charge in [0.2, 0.25) is 0 Å². The van der Waals surface area contributed by atoms with E-state index in [4.69, 9.17) is 15.4 Å². The fraction of sp³-hybridized carbons (Fsp3) is 0.0370. The second kappa shape index (κ2) is 14.3. The van der Waals surface area contributed by atoms with Gasteiger partial charge in [0.1, 0.15) is 22.3 Å². The van der Waals surface area contributed by atoms with Gasteiger partial charge in [0.05, 0.1) is 23.8 Å². The molecular weight excluding hydrogens is 794 g/mol. The van der Waals surface area contributed by atoms with E-state index in [0.29, 0.717) is 33.8 Å². The Morgan fingerprint density at radius 1 is 0.492 bits per heavy atom. The number of rotatable bonds is 6. The van der Waals surface area contributed by atoms with Crippen molar-refractivity contribution in [2.75, 3.05) is 9.80 Å². The summed E-state index contributed by atoms with van der Waals surface area (Å²) in [6.45, 7) is 9.49. The molecule has 0 N–H and O–H groups in total. The molecule has 0 saturated heterocycles. The van der Waals surface area contributed by atoms with Crippen molar-refractivity contribution in [3.63, 3.8) is 0 Å². The number of halogens is 3. The zero-order valence-electron chi connectivity index (χ0n) is 33.4. The molecule has 6 nitrogen and oxygen atoms in total. The first-order valence-electron chi connectivity index (χ1n) is 20.1. The van der Waals surface area contributed by atoms with E-state index >= 15 is 0 Å². The van der Waals surface area contributed by atoms with E-state index in [1.54, 1.807) is 24.3 Å². The minimum Gasteiger partial charge on any atom is -0.455 e. The molecule has 0 atom stereocenters. The van der Waals surface area contributed by atoms with Gasteiger partial charge in [-0.15, -0.1) is 0 Å². The van der Waals surface area contributed by atoms with Crippen LogP contribution in [0.4, 0.5) is 53.0 Å². The Bertz CT molecular complexity index is 3690. The summed E-state index contributed by atoms with van der Waals surface area (Å²) in [5.74, 6) is 0. The van der Waals surface area contributed by atoms with E-state index in [1.165, 1.54) is 17.7 Å². The number of furan rings is 2. The lowest BCUT2D eigenvalue weighted by Gasteiger charge is -2.26. The van der Waals surface area contributed by atoms with Crippen LogP contribution in [-0.4, -0.2) is 0 Å². The van der Waals surface area contributed by atoms with Crippen LogP contribution in [-0.2, 0) is 6.18 Å². The minimum atomic E-state index is -4.46. The van der Waals surface area contributed by atoms with Crippen molar-refractivity contribution in [3.05, 3.63) is 198 Å². The highest BCUT2D eigenvalue weighted by atomic mass is 19.4. The molecule has 0 bridgehead atoms. The van der Waals surface area contributed by atoms with Crippen molar-refractivity contribution in [2.24, 2.45) is 0 Å². The SMILES string of the molecule is [C-]#[N+]c1ccc(N(c2ccc(C)cc2)c2ccc3c(ccc4c5cc6oc7c8ccc(N(c9ccc(C#N)cc9)c9ccc(C(F)(F)F)cc9)cc8ccc7c6cc5oc34)c2)cc1. The number of hydrogen-bond acceptors (Lipinski definition) is 5. The first kappa shape index (κ1) is 37.5. The third kappa shape index (κ3) is 6.34. The lowest BCUT2D eigenvalue weighted by Crippen LogP contribution is -2.11. The molecule has 0 radical (unpaired) electrons. The number of nitrogens with zero attached hydrogens (tertiary/aromatic N) is 4. The third-order valence-electron chi connectivity index (χ3n) is 11.7. The molecule has 11 aromatic rings. The lowest BCUT2D eigenvalue weighted by molar-refractivity contribution is -0.137. The maximum absolute atomic E-state index is 13.5. The zero-order valence-corrected chi connectivity index (χ0v) is 33.4. The minimum absolute atomic E-state index is 0.474. The largest absolute Gasteiger partial charge is 0.455 e. The van der Waals surface area contributed by atoms with Crippen molar-refractivity contribution in [1.29, 1.82) is 5.26 Å². The van der Waals surface area contributed by atoms with Crippen LogP contribution in [0, 0.1) is 24.8 Å². The maximum atomic E-state index is 13.5. The van der Waals surface area contributed by atoms with Crippen molar-refractivity contribution in [2.45, 2.75) is 13.1 Å². The predicted octanol–water partition coefficient (Wildman–Crippen LogP) is 16.5. The topological polar surface area (TPSA) is 60.9 Å². The van der Waals surface area contributed by atoms with Gasteiger partial charge in [0.25, 0.3) is 0 Å². The van der Waals surface area contributed by atoms with Gasteiger partial charge in [-0.3, -0.25) is 0 Å². The van der Waals surface area contributed by atoms with Crippen LogP contribution in [0.15, 0.2) is 179 Å². The molecule has 0 saturated carbocycles. The highest BCUT2D eigenvalue weighted by Gasteiger charge is 2.30. The van der Waals surface area contributed by atoms with Gasteiger partial charge in [-0.05, 0) is 151 Å². The van der Waals surface area contributed by atoms with E-state index in [1.807, 2.05) is 71.6 Å². The summed E-state index contributed by atoms with van der Waals surface area (Å²) in [7, 11) is 0. The molecule has 0 fully saturated rings. The fourth-order valence-electron chi connectivity index (χ4n) is 8.62. The molecule has 300 valence electrons. The first-order chi connectivity index (χ1) is 30.6. The van der Waals surface area contributed by atoms with Crippen LogP contribution < -0.4 is 9.80 Å². The molecule has 9 heteroatoms. The van der Waals surface area contributed by atoms with Crippen molar-refractivity contribution in [3.8, 4) is 6.07 Å². The molecule has 0 aliphatic carbocycles. The Labute approximate surface area is 358 Å². The fourth-order valence-corrected chi connectivity index (χ4v) is 8.62. The second-order valence-electron chi connectivity index (χ2n) is 15.6. The van der Waals surface area contributed by atoms with E-state index in [2.05, 4.69) is 77.3 Å². The summed E-state index contributed by atoms with van der Waals surface area (Å²) >= 11 is 0. The van der Waals surface area contributed by atoms with Crippen LogP contribution in [0.1, 0.15) is 16.7 Å². The average Bonchev–Trinajstić information content (AvgIpc) is 3.87. The molecule has 0 amide bonds. The Morgan fingerprint density at radius 2 is 0.905 bits per heavy atom. The summed E-state index contributed by atoms with van der Waals surface area (Å²) in [4.78, 5) is 7.63. The third-order valence-corrected chi connectivity index (χ3v) is 11.7. The Hall–Kier alpha value is -8.53. The van der Waals surface area contributed by atoms with Gasteiger partial charge in [-0.2, -0.15) is 18.4 Å². The molecule has 0 spiro atoms. The number of hydrogen-bond donors (Lipinski definition) is 0. The Morgan fingerprint density at radius 3 is 1.35 bits per heavy atom. The monoisotopic (exact) mass is 824 g/mol. The van der Waals surface area contributed by atoms with Gasteiger partial charge in [0.15, 0.2) is 5.69 Å². The summed E-state index contributed by atoms with van der Waals surface area (Å²) in [5, 5.41) is 16.9. The van der Waals surface area contributed by atoms with Crippen molar-refractivity contribution >= 4 is 105 Å². The number of alkyl halides is 3. The number of nitriles is 1. The standard InChI is InChI=1S/C54H31F3N4O2/c1-32-3-13-38(14-4-32)60(41-19-11-37(59-2)12-20-41)42-21-25-44-34(27-42)7-23-46-48-29-51-49(30-50(48)62-52(44)46)47-24-8-35-28-43(22-26-45(35)53(47)63-51)61(39-15-5-33(31-58)6-16-39)40-17-9-36(10-18-40)54(55,56)57/h3-30H,1H3. The van der Waals surface area contributed by atoms with E-state index in [0.717, 1.165) is 89.1 Å². The van der Waals surface area contributed by atoms with E-state index in [-0.39, 0.29) is 0 Å². The zero-order chi connectivity index (χ0) is 43.0. The number of aryl methyl sites for hydroxylation is 1. The highest BCUT2D eigenvalue weighted by molar-refractivity contribution is 6.21. The Kier molecular flexibility index (Phi) is 8.50. The normalized spacial score (nSPS) is 11.8. The molecule has 11 rings (SSSR count). The van der Waals surface area contributed by atoms with E-state index in [9.17, 15) is 18.4 Å². The lowest BCUT2D eigenvalue weighted by atomic mass is 10.0. The van der Waals surface area contributed by atoms with Gasteiger partial charge in [-0.25, -0.2) is 4.85 Å². The summed E-state index contributed by atoms with van der Waals surface area (Å²) < 4.78 is 53.8. The number of benzene rings is 9. The molecule has 9 aromatic carbocycles. The summed E-state index contributed by atoms with van der Waals surface area (Å²) in [6.07, 6.45) is -4.46. The van der Waals surface area contributed by atoms with Gasteiger partial charge >= 0.3 is 6.18 Å². The molecular formula is C54H31F3N4O2. The summed E-state index contributed by atoms with van der Waals surface area (Å²) in [5.41, 5.74) is 9.32. The first-order valence-corrected chi connectivity index (χ1v) is 20.1. The van der Waals surface area contributed by atoms with Crippen LogP contribution in [0.2, 0.25) is 0 Å². The second-order valence-corrected chi connectivity index (χ2v) is 15.6. The van der Waals surface area contributed by atoms with Gasteiger partial charge in [-0.1, -0.05) is 42.0 Å². The molecule has 63 heavy (non-hydrogen) atoms. The smallest absolute Gasteiger partial charge is 0.416 e. The highest BCUT2D eigenvalue weighted by Crippen LogP contribution is 2.44. The predicted molar refractivity (Wildman–Crippen MR) is 246 cm³/mol. The van der Waals surface area contributed by atoms with Crippen molar-refractivity contribution < 1.29 is 22.0 Å². The average molecular weight is 825 g/mol. The van der Waals surface area contributed by atoms with Gasteiger partial charge < -0.3 is 18.6 Å². The molecule has 2 heterocycles. The Balaban J connectivity index is 0.986. The van der Waals surface area contributed by atoms with Crippen LogP contribution in [0.5, 0.6) is 0 Å². The van der Waals surface area contributed by atoms with Crippen molar-refractivity contribution in [1.82, 2.24) is 0 Å². The molecule has 0 aliphatic heterocycles. The van der Waals surface area contributed by atoms with Crippen LogP contribution in [0.3, 0.4) is 0 Å². The van der Waals surface area contributed by atoms with Gasteiger partial charge in [0, 0.05) is 66.4 Å².